The van der Waals surface area contributed by atoms with Crippen molar-refractivity contribution in [2.75, 3.05) is 0 Å². The van der Waals surface area contributed by atoms with Crippen LogP contribution in [0.15, 0.2) is 0 Å². The van der Waals surface area contributed by atoms with E-state index < -0.39 is 0 Å². The van der Waals surface area contributed by atoms with Crippen molar-refractivity contribution in [3.8, 4) is 0 Å². The zero-order chi connectivity index (χ0) is 10.7. The molecule has 2 fully saturated rings. The van der Waals surface area contributed by atoms with E-state index in [0.717, 1.165) is 23.9 Å². The highest BCUT2D eigenvalue weighted by Crippen LogP contribution is 2.34. The summed E-state index contributed by atoms with van der Waals surface area (Å²) in [7, 11) is 0. The van der Waals surface area contributed by atoms with E-state index in [1.807, 2.05) is 0 Å². The van der Waals surface area contributed by atoms with Crippen molar-refractivity contribution < 1.29 is 0 Å². The molecular formula is C14H27N. The standard InChI is InChI=1S/C14H27N/c1-3-14(10-13-7-8-13)15-11(2)9-12-5-4-6-12/h11-15H,3-10H2,1-2H3. The van der Waals surface area contributed by atoms with Crippen molar-refractivity contribution in [2.45, 2.75) is 77.3 Å². The molecule has 0 bridgehead atoms. The zero-order valence-corrected chi connectivity index (χ0v) is 10.5. The molecule has 88 valence electrons. The molecule has 0 radical (unpaired) electrons. The Hall–Kier alpha value is -0.0400. The Balaban J connectivity index is 1.62. The Kier molecular flexibility index (Phi) is 4.07. The van der Waals surface area contributed by atoms with Gasteiger partial charge in [0, 0.05) is 12.1 Å². The van der Waals surface area contributed by atoms with Gasteiger partial charge < -0.3 is 5.32 Å². The van der Waals surface area contributed by atoms with Crippen LogP contribution in [0, 0.1) is 11.8 Å². The third kappa shape index (κ3) is 3.79. The van der Waals surface area contributed by atoms with Crippen LogP contribution in [0.4, 0.5) is 0 Å². The summed E-state index contributed by atoms with van der Waals surface area (Å²) in [5.41, 5.74) is 0. The fourth-order valence-corrected chi connectivity index (χ4v) is 2.81. The van der Waals surface area contributed by atoms with Gasteiger partial charge in [-0.3, -0.25) is 0 Å². The quantitative estimate of drug-likeness (QED) is 0.673. The van der Waals surface area contributed by atoms with E-state index in [2.05, 4.69) is 19.2 Å². The van der Waals surface area contributed by atoms with Gasteiger partial charge in [0.15, 0.2) is 0 Å². The topological polar surface area (TPSA) is 12.0 Å². The van der Waals surface area contributed by atoms with Gasteiger partial charge in [0.05, 0.1) is 0 Å². The molecule has 0 aromatic carbocycles. The molecule has 0 aromatic rings. The first-order chi connectivity index (χ1) is 7.28. The molecule has 1 N–H and O–H groups in total. The molecule has 15 heavy (non-hydrogen) atoms. The predicted octanol–water partition coefficient (Wildman–Crippen LogP) is 3.73. The summed E-state index contributed by atoms with van der Waals surface area (Å²) < 4.78 is 0. The Morgan fingerprint density at radius 3 is 2.20 bits per heavy atom. The molecule has 0 aliphatic heterocycles. The van der Waals surface area contributed by atoms with Crippen molar-refractivity contribution in [2.24, 2.45) is 11.8 Å². The molecule has 0 heterocycles. The summed E-state index contributed by atoms with van der Waals surface area (Å²) in [5, 5.41) is 3.84. The third-order valence-corrected chi connectivity index (χ3v) is 4.24. The minimum Gasteiger partial charge on any atom is -0.311 e. The first-order valence-corrected chi connectivity index (χ1v) is 7.04. The molecule has 0 saturated heterocycles. The Morgan fingerprint density at radius 2 is 1.73 bits per heavy atom. The predicted molar refractivity (Wildman–Crippen MR) is 66.0 cm³/mol. The van der Waals surface area contributed by atoms with Crippen LogP contribution in [-0.4, -0.2) is 12.1 Å². The number of nitrogens with one attached hydrogen (secondary N) is 1. The van der Waals surface area contributed by atoms with Crippen LogP contribution in [-0.2, 0) is 0 Å². The minimum absolute atomic E-state index is 0.749. The maximum atomic E-state index is 3.84. The van der Waals surface area contributed by atoms with Crippen molar-refractivity contribution >= 4 is 0 Å². The van der Waals surface area contributed by atoms with Crippen molar-refractivity contribution in [3.05, 3.63) is 0 Å². The molecule has 2 unspecified atom stereocenters. The van der Waals surface area contributed by atoms with Crippen LogP contribution in [0.3, 0.4) is 0 Å². The van der Waals surface area contributed by atoms with Crippen LogP contribution in [0.5, 0.6) is 0 Å². The van der Waals surface area contributed by atoms with Crippen molar-refractivity contribution in [1.29, 1.82) is 0 Å². The molecule has 0 spiro atoms. The molecule has 0 amide bonds. The van der Waals surface area contributed by atoms with E-state index in [1.54, 1.807) is 0 Å². The number of hydrogen-bond acceptors (Lipinski definition) is 1. The second kappa shape index (κ2) is 5.34. The average molecular weight is 209 g/mol. The minimum atomic E-state index is 0.749. The van der Waals surface area contributed by atoms with Crippen LogP contribution in [0.2, 0.25) is 0 Å². The van der Waals surface area contributed by atoms with E-state index in [0.29, 0.717) is 0 Å². The lowest BCUT2D eigenvalue weighted by Crippen LogP contribution is -2.38. The molecule has 2 aliphatic rings. The lowest BCUT2D eigenvalue weighted by molar-refractivity contribution is 0.252. The van der Waals surface area contributed by atoms with E-state index in [-0.39, 0.29) is 0 Å². The van der Waals surface area contributed by atoms with Crippen LogP contribution in [0.1, 0.15) is 65.2 Å². The zero-order valence-electron chi connectivity index (χ0n) is 10.5. The second-order valence-corrected chi connectivity index (χ2v) is 5.88. The van der Waals surface area contributed by atoms with Gasteiger partial charge in [0.1, 0.15) is 0 Å². The molecule has 2 aliphatic carbocycles. The van der Waals surface area contributed by atoms with Crippen LogP contribution < -0.4 is 5.32 Å². The van der Waals surface area contributed by atoms with Gasteiger partial charge in [0.2, 0.25) is 0 Å². The molecular weight excluding hydrogens is 182 g/mol. The fourth-order valence-electron chi connectivity index (χ4n) is 2.81. The maximum absolute atomic E-state index is 3.84. The maximum Gasteiger partial charge on any atom is 0.00695 e. The van der Waals surface area contributed by atoms with Crippen LogP contribution >= 0.6 is 0 Å². The monoisotopic (exact) mass is 209 g/mol. The van der Waals surface area contributed by atoms with E-state index in [9.17, 15) is 0 Å². The van der Waals surface area contributed by atoms with Crippen molar-refractivity contribution in [3.63, 3.8) is 0 Å². The smallest absolute Gasteiger partial charge is 0.00695 e. The lowest BCUT2D eigenvalue weighted by Gasteiger charge is -2.30. The molecule has 2 rings (SSSR count). The summed E-state index contributed by atoms with van der Waals surface area (Å²) >= 11 is 0. The van der Waals surface area contributed by atoms with E-state index in [4.69, 9.17) is 0 Å². The van der Waals surface area contributed by atoms with Gasteiger partial charge >= 0.3 is 0 Å². The van der Waals surface area contributed by atoms with Gasteiger partial charge in [-0.25, -0.2) is 0 Å². The Morgan fingerprint density at radius 1 is 1.07 bits per heavy atom. The average Bonchev–Trinajstić information content (AvgIpc) is 2.94. The Bertz CT molecular complexity index is 182. The molecule has 0 aromatic heterocycles. The molecule has 1 nitrogen and oxygen atoms in total. The molecule has 2 atom stereocenters. The highest BCUT2D eigenvalue weighted by molar-refractivity contribution is 4.82. The lowest BCUT2D eigenvalue weighted by atomic mass is 9.81. The first kappa shape index (κ1) is 11.4. The van der Waals surface area contributed by atoms with Crippen LogP contribution in [0.25, 0.3) is 0 Å². The summed E-state index contributed by atoms with van der Waals surface area (Å²) in [6.07, 6.45) is 11.6. The first-order valence-electron chi connectivity index (χ1n) is 7.04. The Labute approximate surface area is 95.0 Å². The second-order valence-electron chi connectivity index (χ2n) is 5.88. The third-order valence-electron chi connectivity index (χ3n) is 4.24. The highest BCUT2D eigenvalue weighted by Gasteiger charge is 2.26. The normalized spacial score (nSPS) is 26.0. The van der Waals surface area contributed by atoms with Crippen molar-refractivity contribution in [1.82, 2.24) is 5.32 Å². The fraction of sp³-hybridized carbons (Fsp3) is 1.00. The molecule has 2 saturated carbocycles. The van der Waals surface area contributed by atoms with Gasteiger partial charge in [-0.2, -0.15) is 0 Å². The van der Waals surface area contributed by atoms with E-state index in [1.165, 1.54) is 51.4 Å². The summed E-state index contributed by atoms with van der Waals surface area (Å²) in [6, 6.07) is 1.55. The van der Waals surface area contributed by atoms with Gasteiger partial charge in [0.25, 0.3) is 0 Å². The van der Waals surface area contributed by atoms with Gasteiger partial charge in [-0.15, -0.1) is 0 Å². The summed E-state index contributed by atoms with van der Waals surface area (Å²) in [5.74, 6) is 2.12. The summed E-state index contributed by atoms with van der Waals surface area (Å²) in [4.78, 5) is 0. The highest BCUT2D eigenvalue weighted by atomic mass is 14.9. The number of hydrogen-bond donors (Lipinski definition) is 1. The van der Waals surface area contributed by atoms with Gasteiger partial charge in [-0.05, 0) is 38.0 Å². The molecule has 1 heteroatoms. The largest absolute Gasteiger partial charge is 0.311 e. The summed E-state index contributed by atoms with van der Waals surface area (Å²) in [6.45, 7) is 4.71. The number of rotatable bonds is 7. The van der Waals surface area contributed by atoms with E-state index >= 15 is 0 Å². The van der Waals surface area contributed by atoms with Gasteiger partial charge in [-0.1, -0.05) is 39.0 Å². The SMILES string of the molecule is CCC(CC1CC1)NC(C)CC1CCC1.